The molecule has 1 unspecified atom stereocenters. The lowest BCUT2D eigenvalue weighted by atomic mass is 10.1. The third kappa shape index (κ3) is 3.79. The predicted octanol–water partition coefficient (Wildman–Crippen LogP) is 3.95. The average molecular weight is 352 g/mol. The summed E-state index contributed by atoms with van der Waals surface area (Å²) in [5.74, 6) is 0.0699. The molecule has 128 valence electrons. The summed E-state index contributed by atoms with van der Waals surface area (Å²) in [4.78, 5) is 12.7. The van der Waals surface area contributed by atoms with E-state index in [-0.39, 0.29) is 11.0 Å². The second kappa shape index (κ2) is 7.19. The Hall–Kier alpha value is -2.47. The topological polar surface area (TPSA) is 60.7 Å². The highest BCUT2D eigenvalue weighted by Crippen LogP contribution is 2.26. The first kappa shape index (κ1) is 17.4. The Kier molecular flexibility index (Phi) is 4.99. The summed E-state index contributed by atoms with van der Waals surface area (Å²) < 4.78 is 1.70. The number of thioether (sulfide) groups is 1. The van der Waals surface area contributed by atoms with Crippen LogP contribution in [0.15, 0.2) is 47.6 Å². The second-order valence-corrected chi connectivity index (χ2v) is 7.46. The molecule has 0 fully saturated rings. The molecular formula is C19H20N4OS. The molecule has 0 aliphatic carbocycles. The molecule has 0 bridgehead atoms. The van der Waals surface area contributed by atoms with Gasteiger partial charge in [0.05, 0.1) is 10.9 Å². The summed E-state index contributed by atoms with van der Waals surface area (Å²) in [7, 11) is 0. The fourth-order valence-electron chi connectivity index (χ4n) is 2.52. The van der Waals surface area contributed by atoms with Gasteiger partial charge in [-0.15, -0.1) is 5.10 Å². The van der Waals surface area contributed by atoms with Crippen LogP contribution in [-0.4, -0.2) is 31.2 Å². The third-order valence-electron chi connectivity index (χ3n) is 4.02. The van der Waals surface area contributed by atoms with Gasteiger partial charge in [-0.05, 0) is 55.3 Å². The molecule has 0 N–H and O–H groups in total. The number of ketones is 1. The van der Waals surface area contributed by atoms with Gasteiger partial charge in [0.15, 0.2) is 5.78 Å². The van der Waals surface area contributed by atoms with Gasteiger partial charge >= 0.3 is 0 Å². The summed E-state index contributed by atoms with van der Waals surface area (Å²) in [5.41, 5.74) is 4.99. The first-order chi connectivity index (χ1) is 12.0. The van der Waals surface area contributed by atoms with Gasteiger partial charge < -0.3 is 0 Å². The van der Waals surface area contributed by atoms with Crippen molar-refractivity contribution in [3.05, 3.63) is 64.7 Å². The van der Waals surface area contributed by atoms with Crippen LogP contribution in [0.25, 0.3) is 5.69 Å². The molecule has 0 spiro atoms. The fourth-order valence-corrected chi connectivity index (χ4v) is 3.39. The normalized spacial score (nSPS) is 12.2. The molecular weight excluding hydrogens is 332 g/mol. The van der Waals surface area contributed by atoms with E-state index in [1.807, 2.05) is 64.1 Å². The molecule has 3 aromatic rings. The van der Waals surface area contributed by atoms with Crippen molar-refractivity contribution in [2.24, 2.45) is 0 Å². The van der Waals surface area contributed by atoms with Crippen molar-refractivity contribution in [3.63, 3.8) is 0 Å². The predicted molar refractivity (Wildman–Crippen MR) is 99.5 cm³/mol. The van der Waals surface area contributed by atoms with E-state index in [2.05, 4.69) is 21.6 Å². The highest BCUT2D eigenvalue weighted by molar-refractivity contribution is 8.00. The molecule has 0 aliphatic rings. The van der Waals surface area contributed by atoms with E-state index in [0.717, 1.165) is 22.4 Å². The number of hydrogen-bond donors (Lipinski definition) is 0. The minimum absolute atomic E-state index is 0.0699. The van der Waals surface area contributed by atoms with Crippen LogP contribution in [0, 0.1) is 20.8 Å². The number of tetrazole rings is 1. The van der Waals surface area contributed by atoms with Crippen molar-refractivity contribution < 1.29 is 4.79 Å². The maximum atomic E-state index is 12.7. The maximum absolute atomic E-state index is 12.7. The Balaban J connectivity index is 1.84. The Labute approximate surface area is 151 Å². The van der Waals surface area contributed by atoms with Gasteiger partial charge in [0.25, 0.3) is 0 Å². The van der Waals surface area contributed by atoms with Crippen LogP contribution in [0.2, 0.25) is 0 Å². The molecule has 0 aliphatic heterocycles. The molecule has 5 nitrogen and oxygen atoms in total. The van der Waals surface area contributed by atoms with E-state index >= 15 is 0 Å². The van der Waals surface area contributed by atoms with Crippen LogP contribution < -0.4 is 0 Å². The van der Waals surface area contributed by atoms with Crippen molar-refractivity contribution in [1.29, 1.82) is 0 Å². The molecule has 0 saturated carbocycles. The van der Waals surface area contributed by atoms with Crippen LogP contribution in [0.4, 0.5) is 0 Å². The van der Waals surface area contributed by atoms with Crippen molar-refractivity contribution >= 4 is 17.5 Å². The summed E-state index contributed by atoms with van der Waals surface area (Å²) in [6.07, 6.45) is 0. The molecule has 1 atom stereocenters. The fraction of sp³-hybridized carbons (Fsp3) is 0.263. The lowest BCUT2D eigenvalue weighted by molar-refractivity contribution is 0.0994. The monoisotopic (exact) mass is 352 g/mol. The smallest absolute Gasteiger partial charge is 0.214 e. The van der Waals surface area contributed by atoms with Gasteiger partial charge in [-0.1, -0.05) is 53.7 Å². The highest BCUT2D eigenvalue weighted by atomic mass is 32.2. The minimum atomic E-state index is -0.280. The minimum Gasteiger partial charge on any atom is -0.293 e. The molecule has 1 aromatic heterocycles. The largest absolute Gasteiger partial charge is 0.293 e. The Morgan fingerprint density at radius 1 is 1.04 bits per heavy atom. The van der Waals surface area contributed by atoms with E-state index in [1.54, 1.807) is 4.68 Å². The molecule has 25 heavy (non-hydrogen) atoms. The number of rotatable bonds is 5. The van der Waals surface area contributed by atoms with Gasteiger partial charge in [0, 0.05) is 5.56 Å². The summed E-state index contributed by atoms with van der Waals surface area (Å²) in [6, 6.07) is 13.8. The number of nitrogens with zero attached hydrogens (tertiary/aromatic N) is 4. The van der Waals surface area contributed by atoms with Crippen molar-refractivity contribution in [1.82, 2.24) is 20.2 Å². The van der Waals surface area contributed by atoms with Crippen molar-refractivity contribution in [2.75, 3.05) is 0 Å². The number of aryl methyl sites for hydroxylation is 3. The third-order valence-corrected chi connectivity index (χ3v) is 5.05. The second-order valence-electron chi connectivity index (χ2n) is 6.15. The SMILES string of the molecule is Cc1ccc(C(=O)C(C)Sc2nnnn2-c2cc(C)ccc2C)cc1. The van der Waals surface area contributed by atoms with Crippen LogP contribution in [0.5, 0.6) is 0 Å². The molecule has 6 heteroatoms. The standard InChI is InChI=1S/C19H20N4OS/c1-12-6-9-16(10-7-12)18(24)15(4)25-19-20-21-22-23(19)17-11-13(2)5-8-14(17)3/h5-11,15H,1-4H3. The van der Waals surface area contributed by atoms with Gasteiger partial charge in [0.1, 0.15) is 0 Å². The number of carbonyl (C=O) groups excluding carboxylic acids is 1. The van der Waals surface area contributed by atoms with Gasteiger partial charge in [-0.3, -0.25) is 4.79 Å². The maximum Gasteiger partial charge on any atom is 0.214 e. The zero-order valence-electron chi connectivity index (χ0n) is 14.7. The number of benzene rings is 2. The molecule has 0 amide bonds. The van der Waals surface area contributed by atoms with Crippen LogP contribution in [0.3, 0.4) is 0 Å². The zero-order valence-corrected chi connectivity index (χ0v) is 15.5. The van der Waals surface area contributed by atoms with Crippen LogP contribution in [-0.2, 0) is 0 Å². The van der Waals surface area contributed by atoms with Crippen LogP contribution in [0.1, 0.15) is 34.0 Å². The molecule has 1 heterocycles. The van der Waals surface area contributed by atoms with E-state index in [4.69, 9.17) is 0 Å². The van der Waals surface area contributed by atoms with Crippen molar-refractivity contribution in [3.8, 4) is 5.69 Å². The Bertz CT molecular complexity index is 902. The first-order valence-electron chi connectivity index (χ1n) is 8.09. The number of Topliss-reactive ketones (excluding diaryl/α,β-unsaturated/α-hetero) is 1. The number of carbonyl (C=O) groups is 1. The molecule has 3 rings (SSSR count). The van der Waals surface area contributed by atoms with Crippen LogP contribution >= 0.6 is 11.8 Å². The van der Waals surface area contributed by atoms with E-state index < -0.39 is 0 Å². The number of hydrogen-bond acceptors (Lipinski definition) is 5. The highest BCUT2D eigenvalue weighted by Gasteiger charge is 2.21. The Morgan fingerprint density at radius 3 is 2.44 bits per heavy atom. The van der Waals surface area contributed by atoms with Gasteiger partial charge in [0.2, 0.25) is 5.16 Å². The molecule has 0 radical (unpaired) electrons. The first-order valence-corrected chi connectivity index (χ1v) is 8.97. The average Bonchev–Trinajstić information content (AvgIpc) is 3.05. The Morgan fingerprint density at radius 2 is 1.72 bits per heavy atom. The molecule has 0 saturated heterocycles. The van der Waals surface area contributed by atoms with Gasteiger partial charge in [-0.2, -0.15) is 4.68 Å². The van der Waals surface area contributed by atoms with E-state index in [0.29, 0.717) is 10.7 Å². The van der Waals surface area contributed by atoms with E-state index in [9.17, 15) is 4.79 Å². The lowest BCUT2D eigenvalue weighted by Gasteiger charge is -2.12. The summed E-state index contributed by atoms with van der Waals surface area (Å²) >= 11 is 1.37. The molecule has 2 aromatic carbocycles. The quantitative estimate of drug-likeness (QED) is 0.514. The lowest BCUT2D eigenvalue weighted by Crippen LogP contribution is -2.15. The van der Waals surface area contributed by atoms with Crippen molar-refractivity contribution in [2.45, 2.75) is 38.1 Å². The number of aromatic nitrogens is 4. The zero-order chi connectivity index (χ0) is 18.0. The summed E-state index contributed by atoms with van der Waals surface area (Å²) in [5, 5.41) is 12.3. The van der Waals surface area contributed by atoms with E-state index in [1.165, 1.54) is 11.8 Å². The summed E-state index contributed by atoms with van der Waals surface area (Å²) in [6.45, 7) is 7.94. The van der Waals surface area contributed by atoms with Gasteiger partial charge in [-0.25, -0.2) is 0 Å².